The highest BCUT2D eigenvalue weighted by atomic mass is 16.7. The molecule has 0 rings (SSSR count). The maximum atomic E-state index is 10.3. The van der Waals surface area contributed by atoms with Crippen molar-refractivity contribution in [2.45, 2.75) is 13.3 Å². The van der Waals surface area contributed by atoms with Crippen molar-refractivity contribution in [1.29, 1.82) is 0 Å². The van der Waals surface area contributed by atoms with Crippen LogP contribution >= 0.6 is 0 Å². The first-order valence-electron chi connectivity index (χ1n) is 2.91. The van der Waals surface area contributed by atoms with Crippen molar-refractivity contribution in [3.8, 4) is 0 Å². The maximum absolute atomic E-state index is 10.3. The zero-order valence-corrected chi connectivity index (χ0v) is 5.52. The first kappa shape index (κ1) is 8.39. The van der Waals surface area contributed by atoms with Crippen LogP contribution < -0.4 is 11.2 Å². The average molecular weight is 132 g/mol. The molecule has 0 unspecified atom stereocenters. The van der Waals surface area contributed by atoms with E-state index in [1.54, 1.807) is 0 Å². The summed E-state index contributed by atoms with van der Waals surface area (Å²) < 4.78 is 0. The van der Waals surface area contributed by atoms with Crippen LogP contribution in [0.4, 0.5) is 0 Å². The Bertz CT molecular complexity index is 85.0. The van der Waals surface area contributed by atoms with Gasteiger partial charge in [-0.2, -0.15) is 5.90 Å². The molecule has 0 aromatic rings. The lowest BCUT2D eigenvalue weighted by atomic mass is 10.4. The minimum Gasteiger partial charge on any atom is -0.373 e. The molecule has 0 saturated carbocycles. The van der Waals surface area contributed by atoms with Crippen molar-refractivity contribution >= 4 is 5.97 Å². The summed E-state index contributed by atoms with van der Waals surface area (Å²) in [5.74, 6) is 4.20. The zero-order chi connectivity index (χ0) is 7.11. The average Bonchev–Trinajstić information content (AvgIpc) is 1.89. The van der Waals surface area contributed by atoms with E-state index in [4.69, 9.17) is 0 Å². The predicted octanol–water partition coefficient (Wildman–Crippen LogP) is -0.597. The third kappa shape index (κ3) is 5.26. The number of hydrogen-bond donors (Lipinski definition) is 2. The third-order valence-electron chi connectivity index (χ3n) is 0.887. The molecule has 0 saturated heterocycles. The fourth-order valence-electron chi connectivity index (χ4n) is 0.426. The van der Waals surface area contributed by atoms with Crippen LogP contribution in [0.25, 0.3) is 0 Å². The molecule has 0 aliphatic carbocycles. The minimum absolute atomic E-state index is 0.338. The summed E-state index contributed by atoms with van der Waals surface area (Å²) in [7, 11) is 0. The van der Waals surface area contributed by atoms with E-state index in [1.807, 2.05) is 6.92 Å². The molecular weight excluding hydrogens is 120 g/mol. The van der Waals surface area contributed by atoms with E-state index in [1.165, 1.54) is 0 Å². The monoisotopic (exact) mass is 132 g/mol. The number of nitrogens with two attached hydrogens (primary N) is 1. The SMILES string of the molecule is CCNCCC(=O)ON. The normalized spacial score (nSPS) is 9.11. The maximum Gasteiger partial charge on any atom is 0.325 e. The lowest BCUT2D eigenvalue weighted by Crippen LogP contribution is -2.20. The van der Waals surface area contributed by atoms with Crippen LogP contribution in [0.3, 0.4) is 0 Å². The summed E-state index contributed by atoms with van der Waals surface area (Å²) in [6.45, 7) is 3.46. The molecule has 0 spiro atoms. The van der Waals surface area contributed by atoms with Crippen LogP contribution in [0.5, 0.6) is 0 Å². The second-order valence-electron chi connectivity index (χ2n) is 1.59. The molecule has 0 amide bonds. The van der Waals surface area contributed by atoms with E-state index in [0.717, 1.165) is 6.54 Å². The summed E-state index contributed by atoms with van der Waals surface area (Å²) in [6.07, 6.45) is 0.338. The van der Waals surface area contributed by atoms with Crippen molar-refractivity contribution in [1.82, 2.24) is 5.32 Å². The molecule has 0 aromatic heterocycles. The second-order valence-corrected chi connectivity index (χ2v) is 1.59. The Hall–Kier alpha value is -0.610. The zero-order valence-electron chi connectivity index (χ0n) is 5.52. The van der Waals surface area contributed by atoms with Gasteiger partial charge in [0.05, 0.1) is 6.42 Å². The van der Waals surface area contributed by atoms with Gasteiger partial charge in [0.15, 0.2) is 0 Å². The summed E-state index contributed by atoms with van der Waals surface area (Å²) in [5.41, 5.74) is 0. The van der Waals surface area contributed by atoms with Crippen molar-refractivity contribution < 1.29 is 9.63 Å². The van der Waals surface area contributed by atoms with Gasteiger partial charge in [-0.05, 0) is 6.54 Å². The van der Waals surface area contributed by atoms with Gasteiger partial charge in [-0.3, -0.25) is 4.79 Å². The molecule has 3 N–H and O–H groups in total. The molecule has 54 valence electrons. The van der Waals surface area contributed by atoms with E-state index >= 15 is 0 Å². The summed E-state index contributed by atoms with van der Waals surface area (Å²) in [4.78, 5) is 14.2. The van der Waals surface area contributed by atoms with Gasteiger partial charge in [0.25, 0.3) is 0 Å². The highest BCUT2D eigenvalue weighted by molar-refractivity contribution is 5.69. The molecule has 0 bridgehead atoms. The van der Waals surface area contributed by atoms with Crippen LogP contribution in [0.1, 0.15) is 13.3 Å². The van der Waals surface area contributed by atoms with Gasteiger partial charge in [-0.25, -0.2) is 0 Å². The first-order chi connectivity index (χ1) is 4.31. The lowest BCUT2D eigenvalue weighted by Gasteiger charge is -1.97. The number of carbonyl (C=O) groups excluding carboxylic acids is 1. The van der Waals surface area contributed by atoms with Gasteiger partial charge < -0.3 is 10.2 Å². The van der Waals surface area contributed by atoms with Crippen LogP contribution in [0.15, 0.2) is 0 Å². The smallest absolute Gasteiger partial charge is 0.325 e. The Balaban J connectivity index is 2.97. The van der Waals surface area contributed by atoms with E-state index in [-0.39, 0.29) is 5.97 Å². The van der Waals surface area contributed by atoms with E-state index in [2.05, 4.69) is 16.1 Å². The summed E-state index contributed by atoms with van der Waals surface area (Å²) in [6, 6.07) is 0. The Labute approximate surface area is 54.3 Å². The lowest BCUT2D eigenvalue weighted by molar-refractivity contribution is -0.144. The molecule has 4 nitrogen and oxygen atoms in total. The second kappa shape index (κ2) is 5.53. The Kier molecular flexibility index (Phi) is 5.15. The van der Waals surface area contributed by atoms with Crippen LogP contribution in [-0.2, 0) is 9.63 Å². The Morgan fingerprint density at radius 3 is 2.89 bits per heavy atom. The van der Waals surface area contributed by atoms with Crippen molar-refractivity contribution in [2.24, 2.45) is 5.90 Å². The van der Waals surface area contributed by atoms with Gasteiger partial charge in [0, 0.05) is 6.54 Å². The fraction of sp³-hybridized carbons (Fsp3) is 0.800. The number of carbonyl (C=O) groups is 1. The van der Waals surface area contributed by atoms with Gasteiger partial charge in [-0.15, -0.1) is 0 Å². The molecule has 0 aliphatic heterocycles. The molecule has 0 aliphatic rings. The molecule has 9 heavy (non-hydrogen) atoms. The first-order valence-corrected chi connectivity index (χ1v) is 2.91. The van der Waals surface area contributed by atoms with E-state index < -0.39 is 0 Å². The summed E-state index contributed by atoms with van der Waals surface area (Å²) >= 11 is 0. The largest absolute Gasteiger partial charge is 0.373 e. The van der Waals surface area contributed by atoms with Crippen LogP contribution in [0, 0.1) is 0 Å². The standard InChI is InChI=1S/C5H12N2O2/c1-2-7-4-3-5(8)9-6/h7H,2-4,6H2,1H3. The quantitative estimate of drug-likeness (QED) is 0.396. The van der Waals surface area contributed by atoms with Gasteiger partial charge in [-0.1, -0.05) is 6.92 Å². The molecule has 0 fully saturated rings. The number of hydrogen-bond acceptors (Lipinski definition) is 4. The number of nitrogens with one attached hydrogen (secondary N) is 1. The summed E-state index contributed by atoms with van der Waals surface area (Å²) in [5, 5.41) is 2.96. The molecule has 0 heterocycles. The highest BCUT2D eigenvalue weighted by Crippen LogP contribution is 1.77. The van der Waals surface area contributed by atoms with Crippen LogP contribution in [-0.4, -0.2) is 19.1 Å². The highest BCUT2D eigenvalue weighted by Gasteiger charge is 1.96. The van der Waals surface area contributed by atoms with Crippen molar-refractivity contribution in [3.63, 3.8) is 0 Å². The Morgan fingerprint density at radius 2 is 2.44 bits per heavy atom. The van der Waals surface area contributed by atoms with E-state index in [9.17, 15) is 4.79 Å². The number of rotatable bonds is 4. The predicted molar refractivity (Wildman–Crippen MR) is 33.4 cm³/mol. The van der Waals surface area contributed by atoms with Crippen molar-refractivity contribution in [2.75, 3.05) is 13.1 Å². The topological polar surface area (TPSA) is 64.3 Å². The van der Waals surface area contributed by atoms with Crippen LogP contribution in [0.2, 0.25) is 0 Å². The van der Waals surface area contributed by atoms with Gasteiger partial charge in [0.1, 0.15) is 0 Å². The molecule has 0 aromatic carbocycles. The minimum atomic E-state index is -0.379. The molecule has 4 heteroatoms. The van der Waals surface area contributed by atoms with Crippen molar-refractivity contribution in [3.05, 3.63) is 0 Å². The van der Waals surface area contributed by atoms with Gasteiger partial charge in [0.2, 0.25) is 0 Å². The molecule has 0 atom stereocenters. The molecular formula is C5H12N2O2. The Morgan fingerprint density at radius 1 is 1.78 bits per heavy atom. The third-order valence-corrected chi connectivity index (χ3v) is 0.887. The molecule has 0 radical (unpaired) electrons. The van der Waals surface area contributed by atoms with E-state index in [0.29, 0.717) is 13.0 Å². The van der Waals surface area contributed by atoms with Gasteiger partial charge >= 0.3 is 5.97 Å². The fourth-order valence-corrected chi connectivity index (χ4v) is 0.426.